The maximum Gasteiger partial charge on any atom is 0.247 e. The van der Waals surface area contributed by atoms with Crippen molar-refractivity contribution in [3.05, 3.63) is 53.0 Å². The number of methoxy groups -OCH3 is 2. The Labute approximate surface area is 170 Å². The molecule has 28 heavy (non-hydrogen) atoms. The zero-order chi connectivity index (χ0) is 20.4. The zero-order valence-corrected chi connectivity index (χ0v) is 17.2. The van der Waals surface area contributed by atoms with Crippen LogP contribution in [0.15, 0.2) is 41.0 Å². The van der Waals surface area contributed by atoms with E-state index in [1.807, 2.05) is 13.0 Å². The minimum absolute atomic E-state index is 0.158. The van der Waals surface area contributed by atoms with E-state index >= 15 is 0 Å². The molecule has 1 heterocycles. The first kappa shape index (κ1) is 21.9. The molecule has 0 aliphatic rings. The van der Waals surface area contributed by atoms with Crippen molar-refractivity contribution < 1.29 is 23.4 Å². The highest BCUT2D eigenvalue weighted by Crippen LogP contribution is 2.36. The number of rotatable bonds is 11. The normalized spacial score (nSPS) is 11.0. The van der Waals surface area contributed by atoms with Crippen LogP contribution in [-0.2, 0) is 16.1 Å². The van der Waals surface area contributed by atoms with Crippen LogP contribution in [0.25, 0.3) is 6.08 Å². The van der Waals surface area contributed by atoms with Crippen molar-refractivity contribution in [3.8, 4) is 11.5 Å². The Hall–Kier alpha value is -2.44. The van der Waals surface area contributed by atoms with Gasteiger partial charge in [-0.1, -0.05) is 18.5 Å². The molecule has 2 rings (SSSR count). The van der Waals surface area contributed by atoms with E-state index in [1.54, 1.807) is 49.7 Å². The lowest BCUT2D eigenvalue weighted by molar-refractivity contribution is -0.127. The van der Waals surface area contributed by atoms with Gasteiger partial charge < -0.3 is 23.5 Å². The molecule has 1 aromatic carbocycles. The number of hydrogen-bond acceptors (Lipinski definition) is 5. The van der Waals surface area contributed by atoms with Gasteiger partial charge in [0, 0.05) is 19.7 Å². The minimum atomic E-state index is -0.158. The molecular formula is C21H26ClNO5. The Morgan fingerprint density at radius 1 is 1.29 bits per heavy atom. The molecule has 0 unspecified atom stereocenters. The monoisotopic (exact) mass is 407 g/mol. The van der Waals surface area contributed by atoms with Gasteiger partial charge in [-0.3, -0.25) is 4.79 Å². The lowest BCUT2D eigenvalue weighted by Gasteiger charge is -2.19. The second-order valence-electron chi connectivity index (χ2n) is 6.05. The predicted octanol–water partition coefficient (Wildman–Crippen LogP) is 4.42. The number of hydrogen-bond donors (Lipinski definition) is 0. The van der Waals surface area contributed by atoms with E-state index in [1.165, 1.54) is 6.08 Å². The Morgan fingerprint density at radius 2 is 2.11 bits per heavy atom. The Bertz CT molecular complexity index is 773. The van der Waals surface area contributed by atoms with Crippen LogP contribution < -0.4 is 9.47 Å². The molecule has 0 radical (unpaired) electrons. The molecule has 0 aliphatic heterocycles. The highest BCUT2D eigenvalue weighted by molar-refractivity contribution is 6.32. The fourth-order valence-corrected chi connectivity index (χ4v) is 2.79. The molecule has 0 atom stereocenters. The van der Waals surface area contributed by atoms with E-state index in [9.17, 15) is 4.79 Å². The van der Waals surface area contributed by atoms with Crippen molar-refractivity contribution in [1.82, 2.24) is 4.90 Å². The molecule has 6 nitrogen and oxygen atoms in total. The Kier molecular flexibility index (Phi) is 8.91. The summed E-state index contributed by atoms with van der Waals surface area (Å²) in [5.74, 6) is 1.59. The molecule has 0 spiro atoms. The topological polar surface area (TPSA) is 61.1 Å². The number of halogens is 1. The number of benzene rings is 1. The first-order chi connectivity index (χ1) is 13.6. The van der Waals surface area contributed by atoms with Crippen molar-refractivity contribution in [2.24, 2.45) is 0 Å². The fourth-order valence-electron chi connectivity index (χ4n) is 2.51. The summed E-state index contributed by atoms with van der Waals surface area (Å²) in [6.45, 7) is 3.82. The average molecular weight is 408 g/mol. The van der Waals surface area contributed by atoms with Crippen molar-refractivity contribution in [3.63, 3.8) is 0 Å². The van der Waals surface area contributed by atoms with Crippen LogP contribution in [0.2, 0.25) is 5.02 Å². The molecule has 1 aromatic heterocycles. The van der Waals surface area contributed by atoms with Gasteiger partial charge >= 0.3 is 0 Å². The second kappa shape index (κ2) is 11.4. The van der Waals surface area contributed by atoms with E-state index in [-0.39, 0.29) is 5.91 Å². The molecule has 0 N–H and O–H groups in total. The maximum absolute atomic E-state index is 12.6. The zero-order valence-electron chi connectivity index (χ0n) is 16.4. The molecule has 0 bridgehead atoms. The van der Waals surface area contributed by atoms with Crippen LogP contribution in [0, 0.1) is 0 Å². The first-order valence-corrected chi connectivity index (χ1v) is 9.45. The van der Waals surface area contributed by atoms with E-state index in [0.717, 1.165) is 12.0 Å². The van der Waals surface area contributed by atoms with Gasteiger partial charge in [0.15, 0.2) is 11.5 Å². The lowest BCUT2D eigenvalue weighted by Crippen LogP contribution is -2.31. The summed E-state index contributed by atoms with van der Waals surface area (Å²) in [6, 6.07) is 7.15. The largest absolute Gasteiger partial charge is 0.493 e. The van der Waals surface area contributed by atoms with Crippen LogP contribution in [-0.4, -0.2) is 44.8 Å². The molecular weight excluding hydrogens is 382 g/mol. The van der Waals surface area contributed by atoms with E-state index in [0.29, 0.717) is 48.6 Å². The van der Waals surface area contributed by atoms with Gasteiger partial charge in [0.05, 0.1) is 38.2 Å². The third kappa shape index (κ3) is 6.32. The smallest absolute Gasteiger partial charge is 0.247 e. The first-order valence-electron chi connectivity index (χ1n) is 9.07. The van der Waals surface area contributed by atoms with Gasteiger partial charge in [0.1, 0.15) is 5.76 Å². The molecule has 7 heteroatoms. The van der Waals surface area contributed by atoms with Gasteiger partial charge in [0.25, 0.3) is 0 Å². The van der Waals surface area contributed by atoms with E-state index in [4.69, 9.17) is 30.2 Å². The van der Waals surface area contributed by atoms with Crippen LogP contribution >= 0.6 is 11.6 Å². The van der Waals surface area contributed by atoms with Gasteiger partial charge in [-0.2, -0.15) is 0 Å². The molecule has 2 aromatic rings. The highest BCUT2D eigenvalue weighted by atomic mass is 35.5. The van der Waals surface area contributed by atoms with Gasteiger partial charge in [-0.15, -0.1) is 0 Å². The number of ether oxygens (including phenoxy) is 3. The van der Waals surface area contributed by atoms with E-state index in [2.05, 4.69) is 0 Å². The molecule has 0 saturated heterocycles. The van der Waals surface area contributed by atoms with Gasteiger partial charge in [-0.25, -0.2) is 0 Å². The second-order valence-corrected chi connectivity index (χ2v) is 6.46. The standard InChI is InChI=1S/C21H26ClNO5/c1-4-10-28-21-18(22)13-16(14-19(21)26-3)7-8-20(24)23(9-12-25-2)15-17-6-5-11-27-17/h5-8,11,13-14H,4,9-10,12,15H2,1-3H3/b8-7+. The molecule has 0 saturated carbocycles. The molecule has 152 valence electrons. The summed E-state index contributed by atoms with van der Waals surface area (Å²) in [5.41, 5.74) is 0.740. The fraction of sp³-hybridized carbons (Fsp3) is 0.381. The summed E-state index contributed by atoms with van der Waals surface area (Å²) < 4.78 is 21.5. The van der Waals surface area contributed by atoms with Crippen LogP contribution in [0.4, 0.5) is 0 Å². The predicted molar refractivity (Wildman–Crippen MR) is 109 cm³/mol. The van der Waals surface area contributed by atoms with Crippen molar-refractivity contribution in [1.29, 1.82) is 0 Å². The Balaban J connectivity index is 2.14. The number of furan rings is 1. The quantitative estimate of drug-likeness (QED) is 0.516. The van der Waals surface area contributed by atoms with Crippen LogP contribution in [0.3, 0.4) is 0 Å². The number of amides is 1. The number of carbonyl (C=O) groups excluding carboxylic acids is 1. The summed E-state index contributed by atoms with van der Waals surface area (Å²) in [7, 11) is 3.15. The Morgan fingerprint density at radius 3 is 2.75 bits per heavy atom. The third-order valence-electron chi connectivity index (χ3n) is 3.92. The van der Waals surface area contributed by atoms with Gasteiger partial charge in [0.2, 0.25) is 5.91 Å². The molecule has 0 fully saturated rings. The van der Waals surface area contributed by atoms with Crippen LogP contribution in [0.5, 0.6) is 11.5 Å². The SMILES string of the molecule is CCCOc1c(Cl)cc(/C=C/C(=O)N(CCOC)Cc2ccco2)cc1OC. The average Bonchev–Trinajstić information content (AvgIpc) is 3.21. The summed E-state index contributed by atoms with van der Waals surface area (Å²) in [4.78, 5) is 14.3. The van der Waals surface area contributed by atoms with Crippen molar-refractivity contribution >= 4 is 23.6 Å². The molecule has 1 amide bonds. The summed E-state index contributed by atoms with van der Waals surface area (Å²) >= 11 is 6.33. The van der Waals surface area contributed by atoms with Crippen molar-refractivity contribution in [2.75, 3.05) is 34.0 Å². The molecule has 0 aliphatic carbocycles. The summed E-state index contributed by atoms with van der Waals surface area (Å²) in [6.07, 6.45) is 5.64. The van der Waals surface area contributed by atoms with E-state index < -0.39 is 0 Å². The third-order valence-corrected chi connectivity index (χ3v) is 4.21. The maximum atomic E-state index is 12.6. The van der Waals surface area contributed by atoms with Gasteiger partial charge in [-0.05, 0) is 42.3 Å². The number of nitrogens with zero attached hydrogens (tertiary/aromatic N) is 1. The lowest BCUT2D eigenvalue weighted by atomic mass is 10.1. The summed E-state index contributed by atoms with van der Waals surface area (Å²) in [5, 5.41) is 0.437. The van der Waals surface area contributed by atoms with Crippen LogP contribution in [0.1, 0.15) is 24.7 Å². The highest BCUT2D eigenvalue weighted by Gasteiger charge is 2.14. The number of carbonyl (C=O) groups is 1. The minimum Gasteiger partial charge on any atom is -0.493 e. The van der Waals surface area contributed by atoms with Crippen molar-refractivity contribution in [2.45, 2.75) is 19.9 Å².